The molecule has 1 aromatic rings. The third-order valence-electron chi connectivity index (χ3n) is 3.77. The normalized spacial score (nSPS) is 27.9. The standard InChI is InChI=1S/C14H21NO2/c1-3-13-11(7-9-17-13)14(16)10(2)12-6-4-5-8-15-12/h4-6,8,10-11,13-14,16H,3,7,9H2,1-2H3. The van der Waals surface area contributed by atoms with Crippen LogP contribution >= 0.6 is 0 Å². The van der Waals surface area contributed by atoms with Gasteiger partial charge in [-0.25, -0.2) is 0 Å². The van der Waals surface area contributed by atoms with Crippen LogP contribution in [0.2, 0.25) is 0 Å². The molecule has 1 saturated heterocycles. The van der Waals surface area contributed by atoms with E-state index in [-0.39, 0.29) is 24.0 Å². The van der Waals surface area contributed by atoms with Crippen molar-refractivity contribution in [2.24, 2.45) is 5.92 Å². The fourth-order valence-electron chi connectivity index (χ4n) is 2.67. The van der Waals surface area contributed by atoms with Crippen molar-refractivity contribution in [2.45, 2.75) is 44.8 Å². The highest BCUT2D eigenvalue weighted by molar-refractivity contribution is 5.11. The zero-order chi connectivity index (χ0) is 12.3. The molecule has 0 saturated carbocycles. The highest BCUT2D eigenvalue weighted by atomic mass is 16.5. The molecule has 1 aromatic heterocycles. The van der Waals surface area contributed by atoms with Crippen molar-refractivity contribution in [1.29, 1.82) is 0 Å². The Kier molecular flexibility index (Phi) is 4.13. The molecule has 2 heterocycles. The number of aromatic nitrogens is 1. The number of ether oxygens (including phenoxy) is 1. The Morgan fingerprint density at radius 2 is 2.35 bits per heavy atom. The van der Waals surface area contributed by atoms with Gasteiger partial charge in [-0.05, 0) is 25.0 Å². The lowest BCUT2D eigenvalue weighted by atomic mass is 9.84. The van der Waals surface area contributed by atoms with Crippen molar-refractivity contribution in [1.82, 2.24) is 4.98 Å². The molecule has 3 nitrogen and oxygen atoms in total. The Balaban J connectivity index is 2.07. The van der Waals surface area contributed by atoms with Crippen LogP contribution in [0.3, 0.4) is 0 Å². The largest absolute Gasteiger partial charge is 0.392 e. The van der Waals surface area contributed by atoms with E-state index in [0.717, 1.165) is 25.1 Å². The van der Waals surface area contributed by atoms with Crippen molar-refractivity contribution >= 4 is 0 Å². The van der Waals surface area contributed by atoms with E-state index in [2.05, 4.69) is 11.9 Å². The summed E-state index contributed by atoms with van der Waals surface area (Å²) in [5.41, 5.74) is 0.960. The zero-order valence-electron chi connectivity index (χ0n) is 10.5. The van der Waals surface area contributed by atoms with E-state index >= 15 is 0 Å². The van der Waals surface area contributed by atoms with Gasteiger partial charge in [0.05, 0.1) is 12.2 Å². The predicted molar refractivity (Wildman–Crippen MR) is 66.8 cm³/mol. The molecule has 0 spiro atoms. The summed E-state index contributed by atoms with van der Waals surface area (Å²) in [5.74, 6) is 0.314. The summed E-state index contributed by atoms with van der Waals surface area (Å²) in [5, 5.41) is 10.5. The summed E-state index contributed by atoms with van der Waals surface area (Å²) < 4.78 is 5.64. The summed E-state index contributed by atoms with van der Waals surface area (Å²) in [6, 6.07) is 5.84. The van der Waals surface area contributed by atoms with E-state index in [1.165, 1.54) is 0 Å². The number of hydrogen-bond donors (Lipinski definition) is 1. The average Bonchev–Trinajstić information content (AvgIpc) is 2.86. The van der Waals surface area contributed by atoms with E-state index < -0.39 is 0 Å². The number of nitrogens with zero attached hydrogens (tertiary/aromatic N) is 1. The SMILES string of the molecule is CCC1OCCC1C(O)C(C)c1ccccn1. The van der Waals surface area contributed by atoms with Crippen molar-refractivity contribution in [2.75, 3.05) is 6.61 Å². The molecule has 1 N–H and O–H groups in total. The molecule has 4 atom stereocenters. The maximum absolute atomic E-state index is 10.5. The molecule has 1 aliphatic rings. The van der Waals surface area contributed by atoms with Crippen LogP contribution < -0.4 is 0 Å². The minimum atomic E-state index is -0.364. The van der Waals surface area contributed by atoms with E-state index in [1.54, 1.807) is 6.20 Å². The molecule has 4 unspecified atom stereocenters. The second-order valence-corrected chi connectivity index (χ2v) is 4.80. The van der Waals surface area contributed by atoms with Crippen LogP contribution in [-0.4, -0.2) is 28.9 Å². The molecule has 0 aliphatic carbocycles. The zero-order valence-corrected chi connectivity index (χ0v) is 10.5. The second kappa shape index (κ2) is 5.61. The van der Waals surface area contributed by atoms with Crippen LogP contribution in [-0.2, 0) is 4.74 Å². The lowest BCUT2D eigenvalue weighted by Crippen LogP contribution is -2.32. The van der Waals surface area contributed by atoms with Gasteiger partial charge in [0.2, 0.25) is 0 Å². The van der Waals surface area contributed by atoms with Crippen LogP contribution in [0.1, 0.15) is 38.3 Å². The van der Waals surface area contributed by atoms with E-state index in [0.29, 0.717) is 0 Å². The maximum atomic E-state index is 10.5. The first kappa shape index (κ1) is 12.5. The first-order valence-corrected chi connectivity index (χ1v) is 6.44. The molecule has 0 radical (unpaired) electrons. The quantitative estimate of drug-likeness (QED) is 0.871. The average molecular weight is 235 g/mol. The van der Waals surface area contributed by atoms with Crippen LogP contribution in [0, 0.1) is 5.92 Å². The first-order valence-electron chi connectivity index (χ1n) is 6.44. The molecule has 17 heavy (non-hydrogen) atoms. The van der Waals surface area contributed by atoms with Gasteiger partial charge >= 0.3 is 0 Å². The van der Waals surface area contributed by atoms with Gasteiger partial charge in [-0.3, -0.25) is 4.98 Å². The maximum Gasteiger partial charge on any atom is 0.0674 e. The Morgan fingerprint density at radius 3 is 3.00 bits per heavy atom. The first-order chi connectivity index (χ1) is 8.24. The molecule has 1 aliphatic heterocycles. The van der Waals surface area contributed by atoms with Crippen LogP contribution in [0.25, 0.3) is 0 Å². The predicted octanol–water partition coefficient (Wildman–Crippen LogP) is 2.36. The topological polar surface area (TPSA) is 42.4 Å². The monoisotopic (exact) mass is 235 g/mol. The Hall–Kier alpha value is -0.930. The minimum Gasteiger partial charge on any atom is -0.392 e. The molecular formula is C14H21NO2. The van der Waals surface area contributed by atoms with E-state index in [9.17, 15) is 5.11 Å². The van der Waals surface area contributed by atoms with Crippen LogP contribution in [0.4, 0.5) is 0 Å². The van der Waals surface area contributed by atoms with Gasteiger partial charge in [-0.2, -0.15) is 0 Å². The lowest BCUT2D eigenvalue weighted by molar-refractivity contribution is 0.0207. The molecule has 3 heteroatoms. The fourth-order valence-corrected chi connectivity index (χ4v) is 2.67. The van der Waals surface area contributed by atoms with Gasteiger partial charge in [0.1, 0.15) is 0 Å². The fraction of sp³-hybridized carbons (Fsp3) is 0.643. The Bertz CT molecular complexity index is 341. The lowest BCUT2D eigenvalue weighted by Gasteiger charge is -2.27. The Morgan fingerprint density at radius 1 is 1.53 bits per heavy atom. The molecule has 0 amide bonds. The van der Waals surface area contributed by atoms with Crippen molar-refractivity contribution < 1.29 is 9.84 Å². The van der Waals surface area contributed by atoms with Gasteiger partial charge in [-0.15, -0.1) is 0 Å². The van der Waals surface area contributed by atoms with Gasteiger partial charge in [0.15, 0.2) is 0 Å². The number of hydrogen-bond acceptors (Lipinski definition) is 3. The van der Waals surface area contributed by atoms with Gasteiger partial charge in [0.25, 0.3) is 0 Å². The molecule has 94 valence electrons. The minimum absolute atomic E-state index is 0.0666. The summed E-state index contributed by atoms with van der Waals surface area (Å²) in [7, 11) is 0. The second-order valence-electron chi connectivity index (χ2n) is 4.80. The van der Waals surface area contributed by atoms with Gasteiger partial charge in [0, 0.05) is 30.3 Å². The number of aliphatic hydroxyl groups is 1. The van der Waals surface area contributed by atoms with Gasteiger partial charge in [-0.1, -0.05) is 19.9 Å². The highest BCUT2D eigenvalue weighted by Crippen LogP contribution is 2.32. The molecule has 1 fully saturated rings. The summed E-state index contributed by atoms with van der Waals surface area (Å²) in [6.07, 6.45) is 3.54. The number of pyridine rings is 1. The van der Waals surface area contributed by atoms with E-state index in [1.807, 2.05) is 25.1 Å². The third kappa shape index (κ3) is 2.67. The number of aliphatic hydroxyl groups excluding tert-OH is 1. The number of rotatable bonds is 4. The summed E-state index contributed by atoms with van der Waals surface area (Å²) >= 11 is 0. The highest BCUT2D eigenvalue weighted by Gasteiger charge is 2.35. The van der Waals surface area contributed by atoms with Gasteiger partial charge < -0.3 is 9.84 Å². The summed E-state index contributed by atoms with van der Waals surface area (Å²) in [4.78, 5) is 4.32. The smallest absolute Gasteiger partial charge is 0.0674 e. The molecule has 2 rings (SSSR count). The van der Waals surface area contributed by atoms with Crippen molar-refractivity contribution in [3.05, 3.63) is 30.1 Å². The molecule has 0 aromatic carbocycles. The van der Waals surface area contributed by atoms with E-state index in [4.69, 9.17) is 4.74 Å². The summed E-state index contributed by atoms with van der Waals surface area (Å²) in [6.45, 7) is 4.92. The van der Waals surface area contributed by atoms with Crippen molar-refractivity contribution in [3.8, 4) is 0 Å². The molecule has 0 bridgehead atoms. The van der Waals surface area contributed by atoms with Crippen LogP contribution in [0.15, 0.2) is 24.4 Å². The van der Waals surface area contributed by atoms with Crippen LogP contribution in [0.5, 0.6) is 0 Å². The van der Waals surface area contributed by atoms with Crippen molar-refractivity contribution in [3.63, 3.8) is 0 Å². The Labute approximate surface area is 103 Å². The molecular weight excluding hydrogens is 214 g/mol. The third-order valence-corrected chi connectivity index (χ3v) is 3.77.